The van der Waals surface area contributed by atoms with Crippen LogP contribution in [-0.2, 0) is 4.74 Å². The molecule has 17 heavy (non-hydrogen) atoms. The molecule has 2 aliphatic heterocycles. The largest absolute Gasteiger partial charge is 0.375 e. The first-order chi connectivity index (χ1) is 8.36. The maximum atomic E-state index is 6.04. The predicted molar refractivity (Wildman–Crippen MR) is 70.0 cm³/mol. The summed E-state index contributed by atoms with van der Waals surface area (Å²) in [4.78, 5) is 0. The first kappa shape index (κ1) is 12.0. The minimum Gasteiger partial charge on any atom is -0.375 e. The Morgan fingerprint density at radius 3 is 2.65 bits per heavy atom. The summed E-state index contributed by atoms with van der Waals surface area (Å²) in [5.41, 5.74) is 0. The van der Waals surface area contributed by atoms with Gasteiger partial charge in [0.05, 0.1) is 12.2 Å². The van der Waals surface area contributed by atoms with Gasteiger partial charge in [-0.2, -0.15) is 0 Å². The third-order valence-corrected chi connectivity index (χ3v) is 5.14. The molecule has 1 saturated carbocycles. The van der Waals surface area contributed by atoms with Crippen LogP contribution in [0.3, 0.4) is 0 Å². The number of ether oxygens (including phenoxy) is 1. The van der Waals surface area contributed by atoms with Crippen molar-refractivity contribution in [3.8, 4) is 0 Å². The second-order valence-electron chi connectivity index (χ2n) is 6.37. The number of fused-ring (bicyclic) bond motifs is 2. The smallest absolute Gasteiger partial charge is 0.0623 e. The van der Waals surface area contributed by atoms with Crippen LogP contribution < -0.4 is 5.32 Å². The van der Waals surface area contributed by atoms with Crippen LogP contribution in [0, 0.1) is 11.8 Å². The van der Waals surface area contributed by atoms with Gasteiger partial charge in [-0.05, 0) is 44.6 Å². The lowest BCUT2D eigenvalue weighted by atomic mass is 9.75. The summed E-state index contributed by atoms with van der Waals surface area (Å²) in [5.74, 6) is 1.84. The Morgan fingerprint density at radius 2 is 2.12 bits per heavy atom. The van der Waals surface area contributed by atoms with E-state index in [0.717, 1.165) is 17.9 Å². The summed E-state index contributed by atoms with van der Waals surface area (Å²) in [6.07, 6.45) is 12.3. The zero-order chi connectivity index (χ0) is 11.7. The van der Waals surface area contributed by atoms with Crippen molar-refractivity contribution in [1.82, 2.24) is 5.32 Å². The summed E-state index contributed by atoms with van der Waals surface area (Å²) in [6, 6.07) is 0.746. The van der Waals surface area contributed by atoms with Gasteiger partial charge in [-0.25, -0.2) is 0 Å². The summed E-state index contributed by atoms with van der Waals surface area (Å²) < 4.78 is 6.04. The molecule has 1 aliphatic carbocycles. The number of hydrogen-bond acceptors (Lipinski definition) is 2. The molecule has 2 bridgehead atoms. The van der Waals surface area contributed by atoms with Gasteiger partial charge in [0.25, 0.3) is 0 Å². The van der Waals surface area contributed by atoms with Gasteiger partial charge in [0.1, 0.15) is 0 Å². The first-order valence-corrected chi connectivity index (χ1v) is 7.75. The van der Waals surface area contributed by atoms with Crippen LogP contribution in [0.4, 0.5) is 0 Å². The third kappa shape index (κ3) is 2.53. The van der Waals surface area contributed by atoms with Gasteiger partial charge in [0.15, 0.2) is 0 Å². The van der Waals surface area contributed by atoms with Crippen molar-refractivity contribution in [2.24, 2.45) is 11.8 Å². The van der Waals surface area contributed by atoms with Crippen LogP contribution in [-0.4, -0.2) is 24.8 Å². The molecule has 1 N–H and O–H groups in total. The van der Waals surface area contributed by atoms with Crippen molar-refractivity contribution in [1.29, 1.82) is 0 Å². The molecule has 2 heterocycles. The van der Waals surface area contributed by atoms with Crippen LogP contribution in [0.2, 0.25) is 0 Å². The van der Waals surface area contributed by atoms with E-state index in [0.29, 0.717) is 12.2 Å². The molecule has 3 fully saturated rings. The van der Waals surface area contributed by atoms with Gasteiger partial charge >= 0.3 is 0 Å². The molecule has 2 nitrogen and oxygen atoms in total. The van der Waals surface area contributed by atoms with Crippen molar-refractivity contribution in [3.63, 3.8) is 0 Å². The molecule has 0 amide bonds. The molecule has 0 radical (unpaired) electrons. The molecule has 3 rings (SSSR count). The standard InChI is InChI=1S/C15H27NO/c1-2-8-16-14(9-11-4-3-5-11)13-10-12-6-7-15(13)17-12/h11-16H,2-10H2,1H3. The topological polar surface area (TPSA) is 21.3 Å². The van der Waals surface area contributed by atoms with Crippen LogP contribution in [0.25, 0.3) is 0 Å². The fourth-order valence-electron chi connectivity index (χ4n) is 3.93. The molecule has 2 heteroatoms. The van der Waals surface area contributed by atoms with E-state index in [9.17, 15) is 0 Å². The average molecular weight is 237 g/mol. The van der Waals surface area contributed by atoms with E-state index in [4.69, 9.17) is 4.74 Å². The highest BCUT2D eigenvalue weighted by molar-refractivity contribution is 4.96. The lowest BCUT2D eigenvalue weighted by Crippen LogP contribution is -2.43. The van der Waals surface area contributed by atoms with E-state index in [2.05, 4.69) is 12.2 Å². The minimum absolute atomic E-state index is 0.592. The van der Waals surface area contributed by atoms with Gasteiger partial charge in [-0.3, -0.25) is 0 Å². The molecule has 4 unspecified atom stereocenters. The van der Waals surface area contributed by atoms with Crippen molar-refractivity contribution < 1.29 is 4.74 Å². The zero-order valence-corrected chi connectivity index (χ0v) is 11.2. The Kier molecular flexibility index (Phi) is 3.72. The Balaban J connectivity index is 1.56. The molecule has 0 aromatic rings. The lowest BCUT2D eigenvalue weighted by Gasteiger charge is -2.35. The van der Waals surface area contributed by atoms with E-state index < -0.39 is 0 Å². The fraction of sp³-hybridized carbons (Fsp3) is 1.00. The number of nitrogens with one attached hydrogen (secondary N) is 1. The van der Waals surface area contributed by atoms with Crippen LogP contribution in [0.5, 0.6) is 0 Å². The van der Waals surface area contributed by atoms with Gasteiger partial charge in [-0.15, -0.1) is 0 Å². The molecule has 0 aromatic carbocycles. The van der Waals surface area contributed by atoms with Crippen LogP contribution >= 0.6 is 0 Å². The Bertz CT molecular complexity index is 251. The average Bonchev–Trinajstić information content (AvgIpc) is 2.88. The van der Waals surface area contributed by atoms with Crippen molar-refractivity contribution in [2.45, 2.75) is 76.5 Å². The minimum atomic E-state index is 0.592. The zero-order valence-electron chi connectivity index (χ0n) is 11.2. The van der Waals surface area contributed by atoms with Gasteiger partial charge < -0.3 is 10.1 Å². The van der Waals surface area contributed by atoms with Crippen molar-refractivity contribution in [2.75, 3.05) is 6.54 Å². The van der Waals surface area contributed by atoms with Crippen molar-refractivity contribution in [3.05, 3.63) is 0 Å². The number of hydrogen-bond donors (Lipinski definition) is 1. The normalized spacial score (nSPS) is 38.3. The maximum absolute atomic E-state index is 6.04. The highest BCUT2D eigenvalue weighted by atomic mass is 16.5. The van der Waals surface area contributed by atoms with E-state index in [1.165, 1.54) is 57.9 Å². The second-order valence-corrected chi connectivity index (χ2v) is 6.37. The highest BCUT2D eigenvalue weighted by Gasteiger charge is 2.44. The van der Waals surface area contributed by atoms with Crippen LogP contribution in [0.1, 0.15) is 58.3 Å². The highest BCUT2D eigenvalue weighted by Crippen LogP contribution is 2.43. The summed E-state index contributed by atoms with van der Waals surface area (Å²) in [7, 11) is 0. The Morgan fingerprint density at radius 1 is 1.24 bits per heavy atom. The Hall–Kier alpha value is -0.0800. The molecule has 0 spiro atoms. The quantitative estimate of drug-likeness (QED) is 0.766. The summed E-state index contributed by atoms with van der Waals surface area (Å²) in [5, 5.41) is 3.82. The lowest BCUT2D eigenvalue weighted by molar-refractivity contribution is 0.0811. The molecule has 3 aliphatic rings. The molecular formula is C15H27NO. The van der Waals surface area contributed by atoms with E-state index >= 15 is 0 Å². The molecule has 4 atom stereocenters. The fourth-order valence-corrected chi connectivity index (χ4v) is 3.93. The third-order valence-electron chi connectivity index (χ3n) is 5.14. The summed E-state index contributed by atoms with van der Waals surface area (Å²) >= 11 is 0. The predicted octanol–water partition coefficient (Wildman–Crippen LogP) is 3.11. The summed E-state index contributed by atoms with van der Waals surface area (Å²) in [6.45, 7) is 3.45. The van der Waals surface area contributed by atoms with Crippen LogP contribution in [0.15, 0.2) is 0 Å². The van der Waals surface area contributed by atoms with E-state index in [-0.39, 0.29) is 0 Å². The van der Waals surface area contributed by atoms with Gasteiger partial charge in [0, 0.05) is 12.0 Å². The van der Waals surface area contributed by atoms with E-state index in [1.807, 2.05) is 0 Å². The maximum Gasteiger partial charge on any atom is 0.0623 e. The molecule has 0 aromatic heterocycles. The Labute approximate surface area is 105 Å². The van der Waals surface area contributed by atoms with E-state index in [1.54, 1.807) is 0 Å². The van der Waals surface area contributed by atoms with Gasteiger partial charge in [0.2, 0.25) is 0 Å². The molecular weight excluding hydrogens is 210 g/mol. The molecule has 2 saturated heterocycles. The van der Waals surface area contributed by atoms with Crippen molar-refractivity contribution >= 4 is 0 Å². The molecule has 98 valence electrons. The second kappa shape index (κ2) is 5.27. The number of rotatable bonds is 6. The monoisotopic (exact) mass is 237 g/mol. The van der Waals surface area contributed by atoms with Gasteiger partial charge in [-0.1, -0.05) is 26.2 Å². The first-order valence-electron chi connectivity index (χ1n) is 7.75. The SMILES string of the molecule is CCCNC(CC1CCC1)C1CC2CCC1O2.